The maximum Gasteiger partial charge on any atom is -0.0118 e. The van der Waals surface area contributed by atoms with Gasteiger partial charge in [-0.25, -0.2) is 0 Å². The molecule has 0 aromatic carbocycles. The second-order valence-electron chi connectivity index (χ2n) is 9.69. The monoisotopic (exact) mass is 414 g/mol. The smallest absolute Gasteiger partial charge is 0.0118 e. The zero-order valence-electron chi connectivity index (χ0n) is 20.8. The van der Waals surface area contributed by atoms with E-state index in [-0.39, 0.29) is 0 Å². The summed E-state index contributed by atoms with van der Waals surface area (Å²) in [6, 6.07) is 0. The minimum atomic E-state index is 0.423. The molecule has 0 aliphatic carbocycles. The van der Waals surface area contributed by atoms with E-state index < -0.39 is 0 Å². The maximum atomic E-state index is 3.91. The lowest BCUT2D eigenvalue weighted by atomic mass is 9.73. The molecule has 0 fully saturated rings. The molecule has 30 heavy (non-hydrogen) atoms. The first-order chi connectivity index (χ1) is 14.6. The molecule has 0 saturated heterocycles. The second kappa shape index (κ2) is 21.2. The molecule has 0 rings (SSSR count). The van der Waals surface area contributed by atoms with Crippen LogP contribution in [0.5, 0.6) is 0 Å². The summed E-state index contributed by atoms with van der Waals surface area (Å²) in [6.07, 6.45) is 35.3. The van der Waals surface area contributed by atoms with E-state index in [2.05, 4.69) is 64.0 Å². The van der Waals surface area contributed by atoms with Gasteiger partial charge in [0.05, 0.1) is 0 Å². The quantitative estimate of drug-likeness (QED) is 0.115. The Labute approximate surface area is 191 Å². The molecule has 0 bridgehead atoms. The highest BCUT2D eigenvalue weighted by molar-refractivity contribution is 5.01. The Morgan fingerprint density at radius 3 is 1.27 bits per heavy atom. The van der Waals surface area contributed by atoms with E-state index in [1.54, 1.807) is 0 Å². The average Bonchev–Trinajstić information content (AvgIpc) is 2.74. The van der Waals surface area contributed by atoms with Crippen LogP contribution in [0.3, 0.4) is 0 Å². The molecule has 0 heterocycles. The molecule has 0 amide bonds. The minimum Gasteiger partial charge on any atom is -0.103 e. The predicted molar refractivity (Wildman–Crippen MR) is 140 cm³/mol. The van der Waals surface area contributed by atoms with Gasteiger partial charge in [-0.05, 0) is 69.1 Å². The molecule has 0 aliphatic heterocycles. The highest BCUT2D eigenvalue weighted by Gasteiger charge is 2.25. The van der Waals surface area contributed by atoms with Crippen LogP contribution in [0, 0.1) is 11.3 Å². The molecule has 0 N–H and O–H groups in total. The van der Waals surface area contributed by atoms with Gasteiger partial charge >= 0.3 is 0 Å². The summed E-state index contributed by atoms with van der Waals surface area (Å²) >= 11 is 0. The number of hydrogen-bond donors (Lipinski definition) is 0. The van der Waals surface area contributed by atoms with Crippen molar-refractivity contribution in [3.05, 3.63) is 50.1 Å². The Kier molecular flexibility index (Phi) is 20.5. The molecule has 174 valence electrons. The van der Waals surface area contributed by atoms with Crippen LogP contribution in [0.15, 0.2) is 50.1 Å². The molecule has 0 aliphatic rings. The van der Waals surface area contributed by atoms with Crippen LogP contribution in [0.25, 0.3) is 0 Å². The summed E-state index contributed by atoms with van der Waals surface area (Å²) < 4.78 is 0. The first-order valence-corrected chi connectivity index (χ1v) is 13.1. The number of unbranched alkanes of at least 4 members (excludes halogenated alkanes) is 12. The normalized spacial score (nSPS) is 13.6. The minimum absolute atomic E-state index is 0.423. The fraction of sp³-hybridized carbons (Fsp3) is 0.733. The van der Waals surface area contributed by atoms with Crippen molar-refractivity contribution in [1.29, 1.82) is 0 Å². The molecule has 0 aromatic rings. The third kappa shape index (κ3) is 17.8. The van der Waals surface area contributed by atoms with Crippen molar-refractivity contribution in [1.82, 2.24) is 0 Å². The fourth-order valence-electron chi connectivity index (χ4n) is 4.38. The standard InChI is InChI=1S/C30H54/c1-6-9-12-15-17-18-20-23-27-30(28-24-29(4)5,25-21-14-11-8-3)26-22-19-16-13-10-7-2/h6-8,24,28-29H,1-3,9-23,25-27H2,4-5H3. The van der Waals surface area contributed by atoms with E-state index >= 15 is 0 Å². The fourth-order valence-corrected chi connectivity index (χ4v) is 4.38. The summed E-state index contributed by atoms with van der Waals surface area (Å²) in [5.74, 6) is 0.648. The van der Waals surface area contributed by atoms with Crippen molar-refractivity contribution in [3.63, 3.8) is 0 Å². The van der Waals surface area contributed by atoms with Crippen molar-refractivity contribution in [2.75, 3.05) is 0 Å². The van der Waals surface area contributed by atoms with Gasteiger partial charge in [0.15, 0.2) is 0 Å². The van der Waals surface area contributed by atoms with Crippen LogP contribution in [0.1, 0.15) is 129 Å². The summed E-state index contributed by atoms with van der Waals surface area (Å²) in [7, 11) is 0. The Balaban J connectivity index is 4.70. The Morgan fingerprint density at radius 2 is 0.867 bits per heavy atom. The molecule has 0 heteroatoms. The molecule has 0 radical (unpaired) electrons. The number of allylic oxidation sites excluding steroid dienone is 5. The molecule has 1 unspecified atom stereocenters. The van der Waals surface area contributed by atoms with Crippen LogP contribution in [0.2, 0.25) is 0 Å². The van der Waals surface area contributed by atoms with E-state index in [1.807, 2.05) is 0 Å². The molecule has 0 spiro atoms. The largest absolute Gasteiger partial charge is 0.103 e. The Morgan fingerprint density at radius 1 is 0.533 bits per heavy atom. The van der Waals surface area contributed by atoms with Gasteiger partial charge in [0.25, 0.3) is 0 Å². The van der Waals surface area contributed by atoms with E-state index in [0.717, 1.165) is 6.42 Å². The lowest BCUT2D eigenvalue weighted by Gasteiger charge is -2.32. The van der Waals surface area contributed by atoms with Gasteiger partial charge in [-0.1, -0.05) is 102 Å². The zero-order valence-corrected chi connectivity index (χ0v) is 20.8. The molecule has 0 nitrogen and oxygen atoms in total. The molecule has 0 aromatic heterocycles. The first kappa shape index (κ1) is 29.0. The zero-order chi connectivity index (χ0) is 22.3. The summed E-state index contributed by atoms with van der Waals surface area (Å²) in [5.41, 5.74) is 0.423. The second-order valence-corrected chi connectivity index (χ2v) is 9.69. The number of hydrogen-bond acceptors (Lipinski definition) is 0. The van der Waals surface area contributed by atoms with Gasteiger partial charge < -0.3 is 0 Å². The van der Waals surface area contributed by atoms with Crippen molar-refractivity contribution in [3.8, 4) is 0 Å². The highest BCUT2D eigenvalue weighted by Crippen LogP contribution is 2.39. The van der Waals surface area contributed by atoms with Crippen molar-refractivity contribution in [2.45, 2.75) is 129 Å². The van der Waals surface area contributed by atoms with Crippen LogP contribution in [0.4, 0.5) is 0 Å². The number of rotatable bonds is 23. The summed E-state index contributed by atoms with van der Waals surface area (Å²) in [5, 5.41) is 0. The third-order valence-electron chi connectivity index (χ3n) is 6.33. The third-order valence-corrected chi connectivity index (χ3v) is 6.33. The summed E-state index contributed by atoms with van der Waals surface area (Å²) in [4.78, 5) is 0. The highest BCUT2D eigenvalue weighted by atomic mass is 14.3. The lowest BCUT2D eigenvalue weighted by molar-refractivity contribution is 0.264. The topological polar surface area (TPSA) is 0 Å². The predicted octanol–water partition coefficient (Wildman–Crippen LogP) is 10.8. The van der Waals surface area contributed by atoms with Gasteiger partial charge in [0.1, 0.15) is 0 Å². The van der Waals surface area contributed by atoms with Gasteiger partial charge in [0.2, 0.25) is 0 Å². The first-order valence-electron chi connectivity index (χ1n) is 13.1. The van der Waals surface area contributed by atoms with E-state index in [9.17, 15) is 0 Å². The molecule has 1 atom stereocenters. The van der Waals surface area contributed by atoms with Crippen molar-refractivity contribution in [2.24, 2.45) is 11.3 Å². The van der Waals surface area contributed by atoms with Gasteiger partial charge in [-0.3, -0.25) is 0 Å². The molecular formula is C30H54. The SMILES string of the molecule is C=CCCCCCCCCC(C=CC(C)C)(CCCCC=C)CCCCCCC=C. The van der Waals surface area contributed by atoms with Crippen LogP contribution in [-0.4, -0.2) is 0 Å². The van der Waals surface area contributed by atoms with Gasteiger partial charge in [-0.2, -0.15) is 0 Å². The van der Waals surface area contributed by atoms with Crippen LogP contribution in [-0.2, 0) is 0 Å². The van der Waals surface area contributed by atoms with E-state index in [0.29, 0.717) is 11.3 Å². The Hall–Kier alpha value is -1.04. The van der Waals surface area contributed by atoms with Gasteiger partial charge in [-0.15, -0.1) is 19.7 Å². The molecule has 0 saturated carbocycles. The van der Waals surface area contributed by atoms with E-state index in [4.69, 9.17) is 0 Å². The van der Waals surface area contributed by atoms with Gasteiger partial charge in [0, 0.05) is 0 Å². The van der Waals surface area contributed by atoms with Crippen molar-refractivity contribution < 1.29 is 0 Å². The average molecular weight is 415 g/mol. The van der Waals surface area contributed by atoms with E-state index in [1.165, 1.54) is 109 Å². The molecular weight excluding hydrogens is 360 g/mol. The Bertz CT molecular complexity index is 427. The lowest BCUT2D eigenvalue weighted by Crippen LogP contribution is -2.19. The van der Waals surface area contributed by atoms with Crippen LogP contribution >= 0.6 is 0 Å². The summed E-state index contributed by atoms with van der Waals surface area (Å²) in [6.45, 7) is 16.2. The van der Waals surface area contributed by atoms with Crippen LogP contribution < -0.4 is 0 Å². The maximum absolute atomic E-state index is 3.91. The van der Waals surface area contributed by atoms with Crippen molar-refractivity contribution >= 4 is 0 Å².